The van der Waals surface area contributed by atoms with E-state index < -0.39 is 0 Å². The molecule has 5 heteroatoms. The van der Waals surface area contributed by atoms with Crippen LogP contribution in [0.2, 0.25) is 0 Å². The first-order chi connectivity index (χ1) is 7.65. The third kappa shape index (κ3) is 2.55. The van der Waals surface area contributed by atoms with E-state index in [9.17, 15) is 0 Å². The van der Waals surface area contributed by atoms with Gasteiger partial charge in [-0.15, -0.1) is 11.8 Å². The van der Waals surface area contributed by atoms with E-state index in [0.29, 0.717) is 17.5 Å². The van der Waals surface area contributed by atoms with Crippen molar-refractivity contribution < 1.29 is 4.52 Å². The van der Waals surface area contributed by atoms with Crippen molar-refractivity contribution in [2.75, 3.05) is 5.73 Å². The monoisotopic (exact) mass is 235 g/mol. The van der Waals surface area contributed by atoms with Crippen LogP contribution in [0, 0.1) is 13.8 Å². The lowest BCUT2D eigenvalue weighted by Gasteiger charge is -2.04. The molecule has 0 saturated carbocycles. The summed E-state index contributed by atoms with van der Waals surface area (Å²) in [5.41, 5.74) is 7.87. The van der Waals surface area contributed by atoms with Gasteiger partial charge >= 0.3 is 0 Å². The molecule has 2 N–H and O–H groups in total. The highest BCUT2D eigenvalue weighted by molar-refractivity contribution is 7.98. The van der Waals surface area contributed by atoms with Crippen molar-refractivity contribution in [1.82, 2.24) is 10.1 Å². The van der Waals surface area contributed by atoms with Gasteiger partial charge in [0.2, 0.25) is 5.89 Å². The van der Waals surface area contributed by atoms with Gasteiger partial charge in [-0.05, 0) is 24.6 Å². The Hall–Kier alpha value is -1.49. The summed E-state index contributed by atoms with van der Waals surface area (Å²) < 4.78 is 4.90. The molecule has 0 aliphatic rings. The second kappa shape index (κ2) is 4.57. The number of aromatic nitrogens is 2. The maximum atomic E-state index is 5.91. The molecule has 2 rings (SSSR count). The zero-order chi connectivity index (χ0) is 11.5. The lowest BCUT2D eigenvalue weighted by atomic mass is 10.2. The van der Waals surface area contributed by atoms with Gasteiger partial charge in [0.15, 0.2) is 5.82 Å². The highest BCUT2D eigenvalue weighted by Crippen LogP contribution is 2.27. The number of thioether (sulfide) groups is 1. The molecule has 84 valence electrons. The predicted octanol–water partition coefficient (Wildman–Crippen LogP) is 2.56. The minimum absolute atomic E-state index is 0.590. The summed E-state index contributed by atoms with van der Waals surface area (Å²) in [6, 6.07) is 6.02. The number of nitrogens with zero attached hydrogens (tertiary/aromatic N) is 2. The number of aryl methyl sites for hydroxylation is 2. The fourth-order valence-electron chi connectivity index (χ4n) is 1.34. The van der Waals surface area contributed by atoms with Crippen LogP contribution in [0.4, 0.5) is 5.69 Å². The number of anilines is 1. The molecule has 0 aliphatic heterocycles. The summed E-state index contributed by atoms with van der Waals surface area (Å²) in [6.07, 6.45) is 0. The highest BCUT2D eigenvalue weighted by Gasteiger charge is 2.05. The fraction of sp³-hybridized carbons (Fsp3) is 0.273. The van der Waals surface area contributed by atoms with Crippen LogP contribution in [0.1, 0.15) is 17.3 Å². The zero-order valence-electron chi connectivity index (χ0n) is 9.23. The molecule has 16 heavy (non-hydrogen) atoms. The van der Waals surface area contributed by atoms with E-state index in [1.54, 1.807) is 18.7 Å². The van der Waals surface area contributed by atoms with Crippen molar-refractivity contribution in [2.24, 2.45) is 0 Å². The molecule has 0 amide bonds. The number of rotatable bonds is 3. The van der Waals surface area contributed by atoms with E-state index >= 15 is 0 Å². The van der Waals surface area contributed by atoms with Crippen molar-refractivity contribution in [2.45, 2.75) is 24.5 Å². The van der Waals surface area contributed by atoms with Crippen LogP contribution < -0.4 is 5.73 Å². The quantitative estimate of drug-likeness (QED) is 0.654. The third-order valence-corrected chi connectivity index (χ3v) is 3.18. The standard InChI is InChI=1S/C11H13N3OS/c1-7-3-4-10(9(12)5-7)16-6-11-13-8(2)15-14-11/h3-5H,6,12H2,1-2H3. The van der Waals surface area contributed by atoms with Crippen LogP contribution in [0.15, 0.2) is 27.6 Å². The summed E-state index contributed by atoms with van der Waals surface area (Å²) in [7, 11) is 0. The Bertz CT molecular complexity index is 496. The summed E-state index contributed by atoms with van der Waals surface area (Å²) in [5, 5.41) is 3.83. The smallest absolute Gasteiger partial charge is 0.223 e. The predicted molar refractivity (Wildman–Crippen MR) is 64.2 cm³/mol. The lowest BCUT2D eigenvalue weighted by molar-refractivity contribution is 0.389. The van der Waals surface area contributed by atoms with Gasteiger partial charge in [0, 0.05) is 17.5 Å². The van der Waals surface area contributed by atoms with Crippen LogP contribution in [0.25, 0.3) is 0 Å². The normalized spacial score (nSPS) is 10.6. The van der Waals surface area contributed by atoms with E-state index in [4.69, 9.17) is 10.3 Å². The second-order valence-electron chi connectivity index (χ2n) is 3.56. The molecule has 1 aromatic carbocycles. The number of benzene rings is 1. The van der Waals surface area contributed by atoms with E-state index in [-0.39, 0.29) is 0 Å². The van der Waals surface area contributed by atoms with Gasteiger partial charge in [0.25, 0.3) is 0 Å². The first kappa shape index (κ1) is 11.0. The van der Waals surface area contributed by atoms with Gasteiger partial charge in [-0.3, -0.25) is 0 Å². The fourth-order valence-corrected chi connectivity index (χ4v) is 2.13. The lowest BCUT2D eigenvalue weighted by Crippen LogP contribution is -1.90. The number of nitrogens with two attached hydrogens (primary N) is 1. The molecular formula is C11H13N3OS. The highest BCUT2D eigenvalue weighted by atomic mass is 32.2. The molecule has 0 fully saturated rings. The molecule has 0 saturated heterocycles. The van der Waals surface area contributed by atoms with E-state index in [2.05, 4.69) is 10.1 Å². The maximum absolute atomic E-state index is 5.91. The molecule has 0 aliphatic carbocycles. The van der Waals surface area contributed by atoms with Gasteiger partial charge in [0.05, 0.1) is 5.75 Å². The van der Waals surface area contributed by atoms with E-state index in [1.807, 2.05) is 25.1 Å². The summed E-state index contributed by atoms with van der Waals surface area (Å²) in [4.78, 5) is 5.18. The van der Waals surface area contributed by atoms with Gasteiger partial charge in [-0.2, -0.15) is 4.98 Å². The number of nitrogen functional groups attached to an aromatic ring is 1. The average Bonchev–Trinajstić information content (AvgIpc) is 2.63. The Kier molecular flexibility index (Phi) is 3.14. The van der Waals surface area contributed by atoms with Gasteiger partial charge in [-0.25, -0.2) is 0 Å². The van der Waals surface area contributed by atoms with Gasteiger partial charge in [-0.1, -0.05) is 11.2 Å². The summed E-state index contributed by atoms with van der Waals surface area (Å²) >= 11 is 1.61. The average molecular weight is 235 g/mol. The summed E-state index contributed by atoms with van der Waals surface area (Å²) in [6.45, 7) is 3.80. The SMILES string of the molecule is Cc1ccc(SCc2noc(C)n2)c(N)c1. The Labute approximate surface area is 98.2 Å². The number of hydrogen-bond acceptors (Lipinski definition) is 5. The molecular weight excluding hydrogens is 222 g/mol. The molecule has 1 heterocycles. The third-order valence-electron chi connectivity index (χ3n) is 2.09. The van der Waals surface area contributed by atoms with Gasteiger partial charge in [0.1, 0.15) is 0 Å². The van der Waals surface area contributed by atoms with Crippen LogP contribution >= 0.6 is 11.8 Å². The van der Waals surface area contributed by atoms with E-state index in [0.717, 1.165) is 16.1 Å². The van der Waals surface area contributed by atoms with Crippen LogP contribution in [0.5, 0.6) is 0 Å². The van der Waals surface area contributed by atoms with Crippen molar-refractivity contribution >= 4 is 17.4 Å². The number of hydrogen-bond donors (Lipinski definition) is 1. The molecule has 2 aromatic rings. The first-order valence-electron chi connectivity index (χ1n) is 4.93. The van der Waals surface area contributed by atoms with Crippen LogP contribution in [-0.2, 0) is 5.75 Å². The molecule has 0 spiro atoms. The van der Waals surface area contributed by atoms with Gasteiger partial charge < -0.3 is 10.3 Å². The first-order valence-corrected chi connectivity index (χ1v) is 5.92. The zero-order valence-corrected chi connectivity index (χ0v) is 10.0. The maximum Gasteiger partial charge on any atom is 0.223 e. The minimum Gasteiger partial charge on any atom is -0.398 e. The molecule has 0 bridgehead atoms. The second-order valence-corrected chi connectivity index (χ2v) is 4.58. The van der Waals surface area contributed by atoms with E-state index in [1.165, 1.54) is 0 Å². The molecule has 0 radical (unpaired) electrons. The molecule has 0 atom stereocenters. The Balaban J connectivity index is 2.04. The Morgan fingerprint density at radius 1 is 1.38 bits per heavy atom. The van der Waals surface area contributed by atoms with Crippen LogP contribution in [-0.4, -0.2) is 10.1 Å². The molecule has 0 unspecified atom stereocenters. The Morgan fingerprint density at radius 3 is 2.81 bits per heavy atom. The van der Waals surface area contributed by atoms with Crippen LogP contribution in [0.3, 0.4) is 0 Å². The summed E-state index contributed by atoms with van der Waals surface area (Å²) in [5.74, 6) is 1.96. The topological polar surface area (TPSA) is 64.9 Å². The Morgan fingerprint density at radius 2 is 2.19 bits per heavy atom. The minimum atomic E-state index is 0.590. The molecule has 1 aromatic heterocycles. The molecule has 4 nitrogen and oxygen atoms in total. The van der Waals surface area contributed by atoms with Crippen molar-refractivity contribution in [3.63, 3.8) is 0 Å². The van der Waals surface area contributed by atoms with Crippen molar-refractivity contribution in [3.05, 3.63) is 35.5 Å². The van der Waals surface area contributed by atoms with Crippen molar-refractivity contribution in [3.8, 4) is 0 Å². The largest absolute Gasteiger partial charge is 0.398 e. The van der Waals surface area contributed by atoms with Crippen molar-refractivity contribution in [1.29, 1.82) is 0 Å².